The first kappa shape index (κ1) is 20.1. The minimum Gasteiger partial charge on any atom is -0.444 e. The molecule has 0 bridgehead atoms. The second-order valence-corrected chi connectivity index (χ2v) is 7.33. The first-order valence-corrected chi connectivity index (χ1v) is 8.32. The summed E-state index contributed by atoms with van der Waals surface area (Å²) in [6.45, 7) is 4.30. The van der Waals surface area contributed by atoms with Crippen molar-refractivity contribution >= 4 is 6.09 Å². The van der Waals surface area contributed by atoms with Crippen LogP contribution >= 0.6 is 0 Å². The number of alkyl halides is 3. The molecule has 7 heteroatoms. The molecular formula is C16H29F3N2O2. The van der Waals surface area contributed by atoms with Gasteiger partial charge in [0.1, 0.15) is 5.60 Å². The molecule has 23 heavy (non-hydrogen) atoms. The lowest BCUT2D eigenvalue weighted by atomic mass is 9.85. The molecule has 4 nitrogen and oxygen atoms in total. The van der Waals surface area contributed by atoms with Gasteiger partial charge in [0.2, 0.25) is 0 Å². The van der Waals surface area contributed by atoms with E-state index in [0.717, 1.165) is 25.7 Å². The van der Waals surface area contributed by atoms with E-state index in [1.165, 1.54) is 6.42 Å². The van der Waals surface area contributed by atoms with E-state index in [9.17, 15) is 18.0 Å². The highest BCUT2D eigenvalue weighted by molar-refractivity contribution is 5.68. The van der Waals surface area contributed by atoms with Crippen LogP contribution in [0.4, 0.5) is 18.0 Å². The van der Waals surface area contributed by atoms with Crippen molar-refractivity contribution in [2.45, 2.75) is 77.1 Å². The summed E-state index contributed by atoms with van der Waals surface area (Å²) in [5.74, 6) is 0.455. The monoisotopic (exact) mass is 338 g/mol. The molecule has 1 atom stereocenters. The summed E-state index contributed by atoms with van der Waals surface area (Å²) in [6, 6.07) is -0.352. The number of hydrogen-bond acceptors (Lipinski definition) is 3. The first-order chi connectivity index (χ1) is 10.6. The predicted octanol–water partition coefficient (Wildman–Crippen LogP) is 4.00. The molecular weight excluding hydrogens is 309 g/mol. The van der Waals surface area contributed by atoms with Gasteiger partial charge in [0.15, 0.2) is 0 Å². The largest absolute Gasteiger partial charge is 0.444 e. The lowest BCUT2D eigenvalue weighted by Crippen LogP contribution is -2.46. The van der Waals surface area contributed by atoms with Crippen LogP contribution in [0.3, 0.4) is 0 Å². The Kier molecular flexibility index (Phi) is 7.64. The zero-order valence-corrected chi connectivity index (χ0v) is 14.3. The molecule has 0 aromatic rings. The fraction of sp³-hybridized carbons (Fsp3) is 0.938. The molecule has 0 radical (unpaired) electrons. The number of amides is 1. The number of alkyl carbamates (subject to hydrolysis) is 1. The fourth-order valence-corrected chi connectivity index (χ4v) is 2.88. The summed E-state index contributed by atoms with van der Waals surface area (Å²) >= 11 is 0. The van der Waals surface area contributed by atoms with Crippen molar-refractivity contribution in [3.8, 4) is 0 Å². The second kappa shape index (κ2) is 8.76. The van der Waals surface area contributed by atoms with E-state index in [2.05, 4.69) is 10.6 Å². The molecule has 0 unspecified atom stereocenters. The molecule has 0 aromatic carbocycles. The van der Waals surface area contributed by atoms with E-state index < -0.39 is 24.4 Å². The molecule has 1 saturated carbocycles. The Morgan fingerprint density at radius 3 is 2.30 bits per heavy atom. The molecule has 1 fully saturated rings. The number of carbonyl (C=O) groups is 1. The average molecular weight is 338 g/mol. The van der Waals surface area contributed by atoms with Gasteiger partial charge >= 0.3 is 12.3 Å². The standard InChI is InChI=1S/C16H29F3N2O2/c1-15(2,3)23-14(22)21-13(10-20-11-16(17,18)19)9-12-7-5-4-6-8-12/h12-13,20H,4-11H2,1-3H3,(H,21,22)/t13-/m0/s1. The second-order valence-electron chi connectivity index (χ2n) is 7.33. The number of carbonyl (C=O) groups excluding carboxylic acids is 1. The van der Waals surface area contributed by atoms with E-state index in [-0.39, 0.29) is 12.6 Å². The van der Waals surface area contributed by atoms with Crippen molar-refractivity contribution in [3.05, 3.63) is 0 Å². The SMILES string of the molecule is CC(C)(C)OC(=O)N[C@H](CNCC(F)(F)F)CC1CCCCC1. The highest BCUT2D eigenvalue weighted by atomic mass is 19.4. The van der Waals surface area contributed by atoms with Gasteiger partial charge in [-0.15, -0.1) is 0 Å². The minimum atomic E-state index is -4.25. The molecule has 0 heterocycles. The molecule has 0 saturated heterocycles. The number of halogens is 3. The number of nitrogens with one attached hydrogen (secondary N) is 2. The van der Waals surface area contributed by atoms with Crippen molar-refractivity contribution in [1.29, 1.82) is 0 Å². The van der Waals surface area contributed by atoms with Crippen molar-refractivity contribution < 1.29 is 22.7 Å². The van der Waals surface area contributed by atoms with Gasteiger partial charge in [-0.2, -0.15) is 13.2 Å². The van der Waals surface area contributed by atoms with Crippen molar-refractivity contribution in [1.82, 2.24) is 10.6 Å². The van der Waals surface area contributed by atoms with Gasteiger partial charge in [-0.25, -0.2) is 4.79 Å². The fourth-order valence-electron chi connectivity index (χ4n) is 2.88. The first-order valence-electron chi connectivity index (χ1n) is 8.32. The van der Waals surface area contributed by atoms with Crippen LogP contribution in [0.2, 0.25) is 0 Å². The summed E-state index contributed by atoms with van der Waals surface area (Å²) < 4.78 is 42.0. The molecule has 1 rings (SSSR count). The molecule has 1 aliphatic carbocycles. The van der Waals surface area contributed by atoms with Gasteiger partial charge in [-0.05, 0) is 33.1 Å². The molecule has 1 amide bonds. The van der Waals surface area contributed by atoms with E-state index in [4.69, 9.17) is 4.74 Å². The Balaban J connectivity index is 2.50. The highest BCUT2D eigenvalue weighted by Gasteiger charge is 2.28. The van der Waals surface area contributed by atoms with Crippen LogP contribution in [-0.2, 0) is 4.74 Å². The lowest BCUT2D eigenvalue weighted by Gasteiger charge is -2.28. The summed E-state index contributed by atoms with van der Waals surface area (Å²) in [4.78, 5) is 11.9. The van der Waals surface area contributed by atoms with Crippen molar-refractivity contribution in [2.24, 2.45) is 5.92 Å². The van der Waals surface area contributed by atoms with E-state index >= 15 is 0 Å². The Morgan fingerprint density at radius 2 is 1.78 bits per heavy atom. The molecule has 136 valence electrons. The van der Waals surface area contributed by atoms with Gasteiger partial charge in [0.25, 0.3) is 0 Å². The van der Waals surface area contributed by atoms with E-state index in [1.54, 1.807) is 20.8 Å². The van der Waals surface area contributed by atoms with Gasteiger partial charge in [-0.3, -0.25) is 0 Å². The van der Waals surface area contributed by atoms with Crippen molar-refractivity contribution in [3.63, 3.8) is 0 Å². The maximum Gasteiger partial charge on any atom is 0.407 e. The number of hydrogen-bond donors (Lipinski definition) is 2. The Labute approximate surface area is 136 Å². The van der Waals surface area contributed by atoms with Crippen LogP contribution < -0.4 is 10.6 Å². The normalized spacial score (nSPS) is 18.5. The third-order valence-electron chi connectivity index (χ3n) is 3.78. The van der Waals surface area contributed by atoms with Crippen molar-refractivity contribution in [2.75, 3.05) is 13.1 Å². The van der Waals surface area contributed by atoms with Crippen LogP contribution in [0.1, 0.15) is 59.3 Å². The van der Waals surface area contributed by atoms with Gasteiger partial charge in [0, 0.05) is 12.6 Å². The highest BCUT2D eigenvalue weighted by Crippen LogP contribution is 2.27. The smallest absolute Gasteiger partial charge is 0.407 e. The topological polar surface area (TPSA) is 50.4 Å². The molecule has 0 aliphatic heterocycles. The molecule has 2 N–H and O–H groups in total. The summed E-state index contributed by atoms with van der Waals surface area (Å²) in [7, 11) is 0. The lowest BCUT2D eigenvalue weighted by molar-refractivity contribution is -0.124. The summed E-state index contributed by atoms with van der Waals surface area (Å²) in [5, 5.41) is 5.10. The number of rotatable bonds is 6. The number of ether oxygens (including phenoxy) is 1. The van der Waals surface area contributed by atoms with Crippen LogP contribution in [0.15, 0.2) is 0 Å². The van der Waals surface area contributed by atoms with Crippen LogP contribution in [-0.4, -0.2) is 37.0 Å². The third-order valence-corrected chi connectivity index (χ3v) is 3.78. The van der Waals surface area contributed by atoms with Gasteiger partial charge < -0.3 is 15.4 Å². The summed E-state index contributed by atoms with van der Waals surface area (Å²) in [6.07, 6.45) is 1.53. The average Bonchev–Trinajstić information content (AvgIpc) is 2.35. The summed E-state index contributed by atoms with van der Waals surface area (Å²) in [5.41, 5.74) is -0.626. The zero-order valence-electron chi connectivity index (χ0n) is 14.3. The van der Waals surface area contributed by atoms with E-state index in [1.807, 2.05) is 0 Å². The zero-order chi connectivity index (χ0) is 17.5. The van der Waals surface area contributed by atoms with Crippen LogP contribution in [0, 0.1) is 5.92 Å². The Bertz CT molecular complexity index is 361. The molecule has 0 spiro atoms. The third kappa shape index (κ3) is 10.4. The quantitative estimate of drug-likeness (QED) is 0.769. The van der Waals surface area contributed by atoms with Crippen LogP contribution in [0.5, 0.6) is 0 Å². The predicted molar refractivity (Wildman–Crippen MR) is 83.3 cm³/mol. The minimum absolute atomic E-state index is 0.0925. The van der Waals surface area contributed by atoms with E-state index in [0.29, 0.717) is 12.3 Å². The Hall–Kier alpha value is -0.980. The maximum atomic E-state index is 12.3. The van der Waals surface area contributed by atoms with Crippen LogP contribution in [0.25, 0.3) is 0 Å². The van der Waals surface area contributed by atoms with Gasteiger partial charge in [-0.1, -0.05) is 32.1 Å². The van der Waals surface area contributed by atoms with Gasteiger partial charge in [0.05, 0.1) is 6.54 Å². The molecule has 1 aliphatic rings. The maximum absolute atomic E-state index is 12.3. The molecule has 0 aromatic heterocycles. The Morgan fingerprint density at radius 1 is 1.17 bits per heavy atom.